The maximum Gasteiger partial charge on any atom is 0.341 e. The second kappa shape index (κ2) is 2.94. The van der Waals surface area contributed by atoms with Crippen LogP contribution in [0.3, 0.4) is 0 Å². The predicted molar refractivity (Wildman–Crippen MR) is 50.3 cm³/mol. The van der Waals surface area contributed by atoms with E-state index in [-0.39, 0.29) is 11.4 Å². The molecule has 1 aliphatic carbocycles. The first-order valence-electron chi connectivity index (χ1n) is 4.99. The van der Waals surface area contributed by atoms with Crippen LogP contribution in [0.5, 0.6) is 0 Å². The molecule has 0 amide bonds. The van der Waals surface area contributed by atoms with E-state index in [0.29, 0.717) is 17.9 Å². The molecule has 0 saturated carbocycles. The van der Waals surface area contributed by atoms with Crippen molar-refractivity contribution >= 4 is 11.9 Å². The number of cyclic esters (lactones) is 2. The molecule has 0 N–H and O–H groups in total. The quantitative estimate of drug-likeness (QED) is 0.436. The number of hydrogen-bond acceptors (Lipinski definition) is 3. The van der Waals surface area contributed by atoms with Crippen LogP contribution in [0.4, 0.5) is 0 Å². The van der Waals surface area contributed by atoms with Gasteiger partial charge in [0.25, 0.3) is 0 Å². The fourth-order valence-electron chi connectivity index (χ4n) is 2.38. The zero-order valence-electron chi connectivity index (χ0n) is 8.50. The van der Waals surface area contributed by atoms with E-state index in [1.165, 1.54) is 0 Å². The van der Waals surface area contributed by atoms with E-state index in [1.54, 1.807) is 0 Å². The summed E-state index contributed by atoms with van der Waals surface area (Å²) in [5.74, 6) is -0.446. The Bertz CT molecular complexity index is 329. The van der Waals surface area contributed by atoms with Crippen LogP contribution in [0.25, 0.3) is 0 Å². The number of carbonyl (C=O) groups is 2. The van der Waals surface area contributed by atoms with E-state index in [9.17, 15) is 9.59 Å². The van der Waals surface area contributed by atoms with Crippen molar-refractivity contribution in [2.45, 2.75) is 33.1 Å². The third-order valence-electron chi connectivity index (χ3n) is 3.59. The van der Waals surface area contributed by atoms with Crippen molar-refractivity contribution < 1.29 is 14.3 Å². The second-order valence-electron chi connectivity index (χ2n) is 4.45. The first kappa shape index (κ1) is 9.44. The molecule has 0 bridgehead atoms. The Morgan fingerprint density at radius 1 is 1.50 bits per heavy atom. The normalized spacial score (nSPS) is 37.3. The summed E-state index contributed by atoms with van der Waals surface area (Å²) >= 11 is 0. The summed E-state index contributed by atoms with van der Waals surface area (Å²) < 4.78 is 4.62. The van der Waals surface area contributed by atoms with Crippen LogP contribution in [0.2, 0.25) is 0 Å². The van der Waals surface area contributed by atoms with Gasteiger partial charge in [0.2, 0.25) is 0 Å². The first-order valence-corrected chi connectivity index (χ1v) is 4.99. The van der Waals surface area contributed by atoms with Crippen LogP contribution in [-0.4, -0.2) is 11.9 Å². The summed E-state index contributed by atoms with van der Waals surface area (Å²) in [6, 6.07) is 0. The number of carbonyl (C=O) groups excluding carboxylic acids is 2. The van der Waals surface area contributed by atoms with Gasteiger partial charge in [-0.2, -0.15) is 0 Å². The molecule has 2 atom stereocenters. The zero-order chi connectivity index (χ0) is 10.3. The van der Waals surface area contributed by atoms with E-state index >= 15 is 0 Å². The van der Waals surface area contributed by atoms with Gasteiger partial charge in [0.05, 0.1) is 6.42 Å². The minimum Gasteiger partial charge on any atom is -0.390 e. The summed E-state index contributed by atoms with van der Waals surface area (Å²) in [4.78, 5) is 22.7. The lowest BCUT2D eigenvalue weighted by atomic mass is 9.64. The largest absolute Gasteiger partial charge is 0.390 e. The third kappa shape index (κ3) is 1.19. The van der Waals surface area contributed by atoms with Crippen molar-refractivity contribution in [3.05, 3.63) is 11.6 Å². The molecule has 1 fully saturated rings. The van der Waals surface area contributed by atoms with Gasteiger partial charge in [-0.05, 0) is 18.8 Å². The minimum atomic E-state index is -0.435. The van der Waals surface area contributed by atoms with Crippen LogP contribution in [0, 0.1) is 11.3 Å². The number of rotatable bonds is 0. The Labute approximate surface area is 83.1 Å². The SMILES string of the molecule is C[C@@H]1CCC=C2C(=O)OC(=O)C[C@]21C. The topological polar surface area (TPSA) is 43.4 Å². The third-order valence-corrected chi connectivity index (χ3v) is 3.59. The van der Waals surface area contributed by atoms with Gasteiger partial charge >= 0.3 is 11.9 Å². The maximum absolute atomic E-state index is 11.5. The number of esters is 2. The van der Waals surface area contributed by atoms with Gasteiger partial charge in [-0.25, -0.2) is 4.79 Å². The molecule has 1 saturated heterocycles. The standard InChI is InChI=1S/C11H14O3/c1-7-4-3-5-8-10(13)14-9(12)6-11(7,8)2/h5,7H,3-4,6H2,1-2H3/t7-,11+/m1/s1. The Morgan fingerprint density at radius 2 is 2.21 bits per heavy atom. The molecule has 0 aromatic rings. The van der Waals surface area contributed by atoms with E-state index in [4.69, 9.17) is 0 Å². The highest BCUT2D eigenvalue weighted by molar-refractivity contribution is 6.01. The summed E-state index contributed by atoms with van der Waals surface area (Å²) in [5, 5.41) is 0. The minimum absolute atomic E-state index is 0.287. The molecule has 0 radical (unpaired) electrons. The molecule has 14 heavy (non-hydrogen) atoms. The summed E-state index contributed by atoms with van der Waals surface area (Å²) in [5.41, 5.74) is 0.417. The summed E-state index contributed by atoms with van der Waals surface area (Å²) in [6.45, 7) is 4.08. The molecular formula is C11H14O3. The number of ether oxygens (including phenoxy) is 1. The second-order valence-corrected chi connectivity index (χ2v) is 4.45. The van der Waals surface area contributed by atoms with Crippen LogP contribution < -0.4 is 0 Å². The summed E-state index contributed by atoms with van der Waals surface area (Å²) in [7, 11) is 0. The van der Waals surface area contributed by atoms with Gasteiger partial charge < -0.3 is 4.74 Å². The van der Waals surface area contributed by atoms with Crippen molar-refractivity contribution in [2.24, 2.45) is 11.3 Å². The smallest absolute Gasteiger partial charge is 0.341 e. The molecule has 3 nitrogen and oxygen atoms in total. The van der Waals surface area contributed by atoms with Gasteiger partial charge in [0.1, 0.15) is 0 Å². The maximum atomic E-state index is 11.5. The lowest BCUT2D eigenvalue weighted by Gasteiger charge is -2.41. The van der Waals surface area contributed by atoms with Gasteiger partial charge in [-0.1, -0.05) is 19.9 Å². The monoisotopic (exact) mass is 194 g/mol. The number of hydrogen-bond donors (Lipinski definition) is 0. The number of allylic oxidation sites excluding steroid dienone is 1. The van der Waals surface area contributed by atoms with Crippen LogP contribution in [-0.2, 0) is 14.3 Å². The van der Waals surface area contributed by atoms with Crippen LogP contribution in [0.1, 0.15) is 33.1 Å². The van der Waals surface area contributed by atoms with Gasteiger partial charge in [-0.3, -0.25) is 4.79 Å². The molecule has 76 valence electrons. The average Bonchev–Trinajstić information content (AvgIpc) is 2.07. The Balaban J connectivity index is 2.43. The van der Waals surface area contributed by atoms with Crippen molar-refractivity contribution in [2.75, 3.05) is 0 Å². The van der Waals surface area contributed by atoms with Crippen molar-refractivity contribution in [1.82, 2.24) is 0 Å². The van der Waals surface area contributed by atoms with Gasteiger partial charge in [0, 0.05) is 11.0 Å². The fourth-order valence-corrected chi connectivity index (χ4v) is 2.38. The molecule has 0 aromatic carbocycles. The van der Waals surface area contributed by atoms with E-state index < -0.39 is 5.97 Å². The Morgan fingerprint density at radius 3 is 2.93 bits per heavy atom. The molecule has 0 aromatic heterocycles. The lowest BCUT2D eigenvalue weighted by Crippen LogP contribution is -2.42. The molecule has 1 aliphatic heterocycles. The lowest BCUT2D eigenvalue weighted by molar-refractivity contribution is -0.164. The molecule has 2 aliphatic rings. The molecule has 0 spiro atoms. The van der Waals surface area contributed by atoms with Gasteiger partial charge in [0.15, 0.2) is 0 Å². The fraction of sp³-hybridized carbons (Fsp3) is 0.636. The molecule has 1 heterocycles. The summed E-state index contributed by atoms with van der Waals surface area (Å²) in [6.07, 6.45) is 4.22. The Hall–Kier alpha value is -1.12. The number of fused-ring (bicyclic) bond motifs is 1. The molecular weight excluding hydrogens is 180 g/mol. The average molecular weight is 194 g/mol. The van der Waals surface area contributed by atoms with Gasteiger partial charge in [-0.15, -0.1) is 0 Å². The first-order chi connectivity index (χ1) is 6.54. The zero-order valence-corrected chi connectivity index (χ0v) is 8.50. The van der Waals surface area contributed by atoms with Crippen molar-refractivity contribution in [3.8, 4) is 0 Å². The van der Waals surface area contributed by atoms with Crippen molar-refractivity contribution in [1.29, 1.82) is 0 Å². The van der Waals surface area contributed by atoms with E-state index in [0.717, 1.165) is 12.8 Å². The highest BCUT2D eigenvalue weighted by Gasteiger charge is 2.46. The van der Waals surface area contributed by atoms with Crippen molar-refractivity contribution in [3.63, 3.8) is 0 Å². The van der Waals surface area contributed by atoms with E-state index in [2.05, 4.69) is 11.7 Å². The Kier molecular flexibility index (Phi) is 1.98. The highest BCUT2D eigenvalue weighted by atomic mass is 16.6. The highest BCUT2D eigenvalue weighted by Crippen LogP contribution is 2.47. The molecule has 2 rings (SSSR count). The van der Waals surface area contributed by atoms with Crippen LogP contribution >= 0.6 is 0 Å². The van der Waals surface area contributed by atoms with Crippen LogP contribution in [0.15, 0.2) is 11.6 Å². The molecule has 3 heteroatoms. The predicted octanol–water partition coefficient (Wildman–Crippen LogP) is 1.82. The molecule has 0 unspecified atom stereocenters. The van der Waals surface area contributed by atoms with E-state index in [1.807, 2.05) is 13.0 Å².